The Hall–Kier alpha value is -3.51. The molecule has 0 aliphatic heterocycles. The molecule has 3 aromatic rings. The van der Waals surface area contributed by atoms with Crippen molar-refractivity contribution in [2.45, 2.75) is 62.7 Å². The van der Waals surface area contributed by atoms with Crippen molar-refractivity contribution in [1.82, 2.24) is 9.62 Å². The number of rotatable bonds is 12. The number of alkyl halides is 3. The van der Waals surface area contributed by atoms with Crippen molar-refractivity contribution >= 4 is 22.1 Å². The summed E-state index contributed by atoms with van der Waals surface area (Å²) in [4.78, 5) is 10.3. The van der Waals surface area contributed by atoms with Gasteiger partial charge in [0.25, 0.3) is 0 Å². The number of carboxylic acids is 1. The van der Waals surface area contributed by atoms with Gasteiger partial charge in [-0.15, -0.1) is 0 Å². The molecule has 0 spiro atoms. The molecule has 0 fully saturated rings. The average molecular weight is 645 g/mol. The largest absolute Gasteiger partial charge is 0.478 e. The number of likely N-dealkylation sites (N-methyl/N-ethyl adjacent to an activating group) is 1. The number of sulfonamides is 1. The number of nitrogens with zero attached hydrogens (tertiary/aromatic N) is 1. The maximum atomic E-state index is 13.9. The van der Waals surface area contributed by atoms with Crippen LogP contribution in [-0.2, 0) is 33.8 Å². The summed E-state index contributed by atoms with van der Waals surface area (Å²) in [5, 5.41) is 23.0. The first-order valence-electron chi connectivity index (χ1n) is 14.6. The average Bonchev–Trinajstić information content (AvgIpc) is 3.36. The molecule has 1 aliphatic carbocycles. The number of benzene rings is 3. The van der Waals surface area contributed by atoms with Gasteiger partial charge in [0.15, 0.2) is 0 Å². The number of nitrogens with one attached hydrogen (secondary N) is 1. The fraction of sp³-hybridized carbons (Fsp3) is 0.382. The number of β-amino-alcohol motifs (C(OH)–C–C–N with tert-alkyl or cyclic N) is 1. The molecule has 4 rings (SSSR count). The van der Waals surface area contributed by atoms with E-state index in [1.807, 2.05) is 26.0 Å². The first kappa shape index (κ1) is 34.4. The first-order chi connectivity index (χ1) is 20.9. The fourth-order valence-corrected chi connectivity index (χ4v) is 7.25. The van der Waals surface area contributed by atoms with E-state index in [4.69, 9.17) is 5.11 Å². The predicted octanol–water partition coefficient (Wildman–Crippen LogP) is 5.93. The van der Waals surface area contributed by atoms with Crippen molar-refractivity contribution in [1.29, 1.82) is 0 Å². The Morgan fingerprint density at radius 2 is 1.71 bits per heavy atom. The molecule has 0 bridgehead atoms. The summed E-state index contributed by atoms with van der Waals surface area (Å²) in [6.07, 6.45) is -0.809. The maximum Gasteiger partial charge on any atom is 0.416 e. The Bertz CT molecular complexity index is 1660. The van der Waals surface area contributed by atoms with Crippen LogP contribution in [0.15, 0.2) is 71.6 Å². The van der Waals surface area contributed by atoms with Gasteiger partial charge in [-0.25, -0.2) is 13.2 Å². The van der Waals surface area contributed by atoms with Gasteiger partial charge in [-0.3, -0.25) is 0 Å². The van der Waals surface area contributed by atoms with Crippen LogP contribution in [0.5, 0.6) is 0 Å². The summed E-state index contributed by atoms with van der Waals surface area (Å²) in [5.41, 5.74) is 2.70. The normalized spacial score (nSPS) is 15.1. The number of aliphatic carboxylic acids is 1. The predicted molar refractivity (Wildman–Crippen MR) is 168 cm³/mol. The molecule has 1 unspecified atom stereocenters. The van der Waals surface area contributed by atoms with Gasteiger partial charge >= 0.3 is 12.1 Å². The molecule has 45 heavy (non-hydrogen) atoms. The standard InChI is InChI=1S/C34H39F3N2O5S/c1-22-13-23(10-12-32(41)42)9-11-31(22)27-16-28(34(35,36)37)18-30(17-27)45(43,44)39(4)21-29(40)20-38-33(2,3)19-24-14-25-7-5-6-8-26(25)15-24/h5-13,16-18,24,29,38,40H,14-15,19-21H2,1-4H3,(H,41,42). The molecule has 7 nitrogen and oxygen atoms in total. The van der Waals surface area contributed by atoms with Gasteiger partial charge in [0, 0.05) is 31.8 Å². The third-order valence-electron chi connectivity index (χ3n) is 8.14. The highest BCUT2D eigenvalue weighted by molar-refractivity contribution is 7.89. The molecular formula is C34H39F3N2O5S. The lowest BCUT2D eigenvalue weighted by Gasteiger charge is -2.31. The minimum absolute atomic E-state index is 0.0427. The van der Waals surface area contributed by atoms with E-state index in [0.29, 0.717) is 28.7 Å². The first-order valence-corrected chi connectivity index (χ1v) is 16.1. The third-order valence-corrected chi connectivity index (χ3v) is 9.94. The lowest BCUT2D eigenvalue weighted by atomic mass is 9.88. The van der Waals surface area contributed by atoms with Crippen LogP contribution in [0.1, 0.15) is 48.1 Å². The molecule has 0 heterocycles. The van der Waals surface area contributed by atoms with Crippen molar-refractivity contribution < 1.29 is 36.6 Å². The van der Waals surface area contributed by atoms with Crippen LogP contribution < -0.4 is 5.32 Å². The van der Waals surface area contributed by atoms with Gasteiger partial charge in [0.05, 0.1) is 16.6 Å². The Morgan fingerprint density at radius 3 is 2.29 bits per heavy atom. The second-order valence-electron chi connectivity index (χ2n) is 12.4. The van der Waals surface area contributed by atoms with E-state index in [-0.39, 0.29) is 24.2 Å². The van der Waals surface area contributed by atoms with Crippen molar-refractivity contribution in [2.75, 3.05) is 20.1 Å². The van der Waals surface area contributed by atoms with Crippen LogP contribution in [0.2, 0.25) is 0 Å². The van der Waals surface area contributed by atoms with Crippen LogP contribution >= 0.6 is 0 Å². The monoisotopic (exact) mass is 644 g/mol. The number of halogens is 3. The number of carbonyl (C=O) groups is 1. The van der Waals surface area contributed by atoms with Gasteiger partial charge in [0.2, 0.25) is 10.0 Å². The van der Waals surface area contributed by atoms with E-state index in [1.54, 1.807) is 19.1 Å². The third kappa shape index (κ3) is 8.82. The van der Waals surface area contributed by atoms with Crippen LogP contribution in [0.4, 0.5) is 13.2 Å². The van der Waals surface area contributed by atoms with Gasteiger partial charge in [0.1, 0.15) is 0 Å². The van der Waals surface area contributed by atoms with Gasteiger partial charge < -0.3 is 15.5 Å². The smallest absolute Gasteiger partial charge is 0.416 e. The number of aliphatic hydroxyl groups is 1. The number of fused-ring (bicyclic) bond motifs is 1. The SMILES string of the molecule is Cc1cc(C=CC(=O)O)ccc1-c1cc(C(F)(F)F)cc(S(=O)(=O)N(C)CC(O)CNC(C)(C)CC2Cc3ccccc3C2)c1. The van der Waals surface area contributed by atoms with Crippen LogP contribution in [0, 0.1) is 12.8 Å². The number of aliphatic hydroxyl groups excluding tert-OH is 1. The Labute approximate surface area is 262 Å². The van der Waals surface area contributed by atoms with E-state index in [2.05, 4.69) is 17.4 Å². The minimum atomic E-state index is -4.81. The molecule has 1 aliphatic rings. The summed E-state index contributed by atoms with van der Waals surface area (Å²) < 4.78 is 69.7. The molecule has 0 saturated carbocycles. The zero-order valence-electron chi connectivity index (χ0n) is 25.7. The van der Waals surface area contributed by atoms with Gasteiger partial charge in [-0.1, -0.05) is 42.5 Å². The second kappa shape index (κ2) is 13.5. The molecule has 1 atom stereocenters. The molecular weight excluding hydrogens is 605 g/mol. The zero-order valence-corrected chi connectivity index (χ0v) is 26.5. The zero-order chi connectivity index (χ0) is 33.2. The van der Waals surface area contributed by atoms with Gasteiger partial charge in [-0.05, 0) is 104 Å². The molecule has 0 amide bonds. The molecule has 242 valence electrons. The lowest BCUT2D eigenvalue weighted by Crippen LogP contribution is -2.47. The fourth-order valence-electron chi connectivity index (χ4n) is 5.97. The minimum Gasteiger partial charge on any atom is -0.478 e. The second-order valence-corrected chi connectivity index (χ2v) is 14.5. The molecule has 0 aromatic heterocycles. The highest BCUT2D eigenvalue weighted by atomic mass is 32.2. The number of carboxylic acid groups (broad SMARTS) is 1. The summed E-state index contributed by atoms with van der Waals surface area (Å²) in [6.45, 7) is 5.48. The summed E-state index contributed by atoms with van der Waals surface area (Å²) in [7, 11) is -3.19. The highest BCUT2D eigenvalue weighted by Crippen LogP contribution is 2.36. The van der Waals surface area contributed by atoms with Crippen molar-refractivity contribution in [2.24, 2.45) is 5.92 Å². The number of aryl methyl sites for hydroxylation is 1. The van der Waals surface area contributed by atoms with E-state index in [1.165, 1.54) is 36.4 Å². The topological polar surface area (TPSA) is 107 Å². The summed E-state index contributed by atoms with van der Waals surface area (Å²) >= 11 is 0. The summed E-state index contributed by atoms with van der Waals surface area (Å²) in [5.74, 6) is -0.699. The Balaban J connectivity index is 1.48. The molecule has 3 N–H and O–H groups in total. The molecule has 0 saturated heterocycles. The van der Waals surface area contributed by atoms with E-state index >= 15 is 0 Å². The van der Waals surface area contributed by atoms with Crippen LogP contribution in [0.3, 0.4) is 0 Å². The molecule has 3 aromatic carbocycles. The number of hydrogen-bond donors (Lipinski definition) is 3. The molecule has 11 heteroatoms. The van der Waals surface area contributed by atoms with Crippen LogP contribution in [0.25, 0.3) is 17.2 Å². The van der Waals surface area contributed by atoms with E-state index in [9.17, 15) is 31.5 Å². The van der Waals surface area contributed by atoms with Crippen molar-refractivity contribution in [3.63, 3.8) is 0 Å². The van der Waals surface area contributed by atoms with Crippen LogP contribution in [-0.4, -0.2) is 60.7 Å². The van der Waals surface area contributed by atoms with Crippen molar-refractivity contribution in [3.8, 4) is 11.1 Å². The van der Waals surface area contributed by atoms with E-state index < -0.39 is 38.7 Å². The van der Waals surface area contributed by atoms with E-state index in [0.717, 1.165) is 35.7 Å². The highest BCUT2D eigenvalue weighted by Gasteiger charge is 2.34. The number of hydrogen-bond acceptors (Lipinski definition) is 5. The van der Waals surface area contributed by atoms with Gasteiger partial charge in [-0.2, -0.15) is 17.5 Å². The van der Waals surface area contributed by atoms with Crippen molar-refractivity contribution in [3.05, 3.63) is 94.6 Å². The Morgan fingerprint density at radius 1 is 1.07 bits per heavy atom. The lowest BCUT2D eigenvalue weighted by molar-refractivity contribution is -0.137. The Kier molecular flexibility index (Phi) is 10.3. The summed E-state index contributed by atoms with van der Waals surface area (Å²) in [6, 6.07) is 15.7. The molecule has 0 radical (unpaired) electrons. The maximum absolute atomic E-state index is 13.9. The quantitative estimate of drug-likeness (QED) is 0.211.